The molecule has 116 valence electrons. The summed E-state index contributed by atoms with van der Waals surface area (Å²) in [4.78, 5) is 13.9. The average molecular weight is 292 g/mol. The number of piperidine rings is 1. The predicted molar refractivity (Wildman–Crippen MR) is 79.7 cm³/mol. The van der Waals surface area contributed by atoms with Crippen LogP contribution in [0.2, 0.25) is 0 Å². The van der Waals surface area contributed by atoms with Crippen LogP contribution < -0.4 is 5.32 Å². The van der Waals surface area contributed by atoms with Crippen LogP contribution in [0.3, 0.4) is 0 Å². The van der Waals surface area contributed by atoms with Crippen LogP contribution in [0.1, 0.15) is 39.3 Å². The van der Waals surface area contributed by atoms with Gasteiger partial charge in [0.25, 0.3) is 0 Å². The molecule has 1 aromatic heterocycles. The van der Waals surface area contributed by atoms with E-state index in [1.54, 1.807) is 11.1 Å². The lowest BCUT2D eigenvalue weighted by atomic mass is 10.1. The highest BCUT2D eigenvalue weighted by molar-refractivity contribution is 5.68. The van der Waals surface area contributed by atoms with Crippen LogP contribution in [-0.2, 0) is 11.3 Å². The van der Waals surface area contributed by atoms with Gasteiger partial charge in [-0.05, 0) is 45.7 Å². The number of hydrogen-bond acceptors (Lipinski definition) is 5. The first-order chi connectivity index (χ1) is 9.94. The number of hydrogen-bond donors (Lipinski definition) is 1. The number of carbonyl (C=O) groups excluding carboxylic acids is 1. The van der Waals surface area contributed by atoms with Gasteiger partial charge in [-0.1, -0.05) is 0 Å². The Kier molecular flexibility index (Phi) is 5.12. The van der Waals surface area contributed by atoms with E-state index in [-0.39, 0.29) is 12.1 Å². The highest BCUT2D eigenvalue weighted by Gasteiger charge is 2.27. The van der Waals surface area contributed by atoms with Crippen LogP contribution in [-0.4, -0.2) is 45.9 Å². The summed E-state index contributed by atoms with van der Waals surface area (Å²) in [5.74, 6) is 0. The highest BCUT2D eigenvalue weighted by atomic mass is 16.6. The van der Waals surface area contributed by atoms with Crippen molar-refractivity contribution in [2.75, 3.05) is 13.1 Å². The van der Waals surface area contributed by atoms with Crippen LogP contribution in [0.4, 0.5) is 4.79 Å². The van der Waals surface area contributed by atoms with Gasteiger partial charge in [0, 0.05) is 31.9 Å². The van der Waals surface area contributed by atoms with Crippen LogP contribution in [0, 0.1) is 0 Å². The molecule has 0 aromatic carbocycles. The molecule has 6 nitrogen and oxygen atoms in total. The Morgan fingerprint density at radius 2 is 2.33 bits per heavy atom. The molecule has 1 aromatic rings. The van der Waals surface area contributed by atoms with E-state index < -0.39 is 5.60 Å². The number of ether oxygens (including phenoxy) is 1. The van der Waals surface area contributed by atoms with Crippen molar-refractivity contribution in [2.45, 2.75) is 51.8 Å². The molecule has 21 heavy (non-hydrogen) atoms. The Morgan fingerprint density at radius 3 is 3.00 bits per heavy atom. The average Bonchev–Trinajstić information content (AvgIpc) is 2.45. The van der Waals surface area contributed by atoms with Gasteiger partial charge in [-0.3, -0.25) is 0 Å². The van der Waals surface area contributed by atoms with Gasteiger partial charge in [0.15, 0.2) is 0 Å². The minimum absolute atomic E-state index is 0.228. The molecule has 2 rings (SSSR count). The Hall–Kier alpha value is -1.69. The molecule has 0 bridgehead atoms. The molecule has 1 saturated heterocycles. The molecule has 1 atom stereocenters. The molecule has 0 spiro atoms. The number of carbonyl (C=O) groups is 1. The zero-order valence-electron chi connectivity index (χ0n) is 13.0. The molecule has 1 aliphatic heterocycles. The lowest BCUT2D eigenvalue weighted by Crippen LogP contribution is -2.49. The largest absolute Gasteiger partial charge is 0.444 e. The number of likely N-dealkylation sites (tertiary alicyclic amines) is 1. The van der Waals surface area contributed by atoms with Gasteiger partial charge in [0.05, 0.1) is 5.69 Å². The summed E-state index contributed by atoms with van der Waals surface area (Å²) in [7, 11) is 0. The van der Waals surface area contributed by atoms with Crippen LogP contribution in [0.25, 0.3) is 0 Å². The summed E-state index contributed by atoms with van der Waals surface area (Å²) >= 11 is 0. The standard InChI is InChI=1S/C15H24N4O2/c1-15(2,3)21-14(20)19-9-5-7-13(11-19)16-10-12-6-4-8-17-18-12/h4,6,8,13,16H,5,7,9-11H2,1-3H3. The van der Waals surface area contributed by atoms with Crippen LogP contribution in [0.5, 0.6) is 0 Å². The Balaban J connectivity index is 1.82. The quantitative estimate of drug-likeness (QED) is 0.922. The number of nitrogens with one attached hydrogen (secondary N) is 1. The summed E-state index contributed by atoms with van der Waals surface area (Å²) in [6.45, 7) is 7.77. The third kappa shape index (κ3) is 5.30. The van der Waals surface area contributed by atoms with Crippen molar-refractivity contribution in [3.8, 4) is 0 Å². The molecular weight excluding hydrogens is 268 g/mol. The molecule has 1 amide bonds. The first-order valence-electron chi connectivity index (χ1n) is 7.42. The number of amides is 1. The van der Waals surface area contributed by atoms with Crippen molar-refractivity contribution < 1.29 is 9.53 Å². The zero-order chi connectivity index (χ0) is 15.3. The van der Waals surface area contributed by atoms with Gasteiger partial charge in [0.2, 0.25) is 0 Å². The number of aromatic nitrogens is 2. The topological polar surface area (TPSA) is 67.3 Å². The molecule has 0 aliphatic carbocycles. The number of rotatable bonds is 3. The van der Waals surface area contributed by atoms with E-state index in [9.17, 15) is 4.79 Å². The fourth-order valence-electron chi connectivity index (χ4n) is 2.31. The first-order valence-corrected chi connectivity index (χ1v) is 7.42. The molecule has 2 heterocycles. The van der Waals surface area contributed by atoms with E-state index in [1.807, 2.05) is 32.9 Å². The maximum Gasteiger partial charge on any atom is 0.410 e. The van der Waals surface area contributed by atoms with E-state index in [1.165, 1.54) is 0 Å². The lowest BCUT2D eigenvalue weighted by Gasteiger charge is -2.34. The molecule has 0 radical (unpaired) electrons. The zero-order valence-corrected chi connectivity index (χ0v) is 13.0. The summed E-state index contributed by atoms with van der Waals surface area (Å²) in [5.41, 5.74) is 0.462. The third-order valence-corrected chi connectivity index (χ3v) is 3.27. The van der Waals surface area contributed by atoms with Crippen molar-refractivity contribution in [1.82, 2.24) is 20.4 Å². The monoisotopic (exact) mass is 292 g/mol. The second-order valence-corrected chi connectivity index (χ2v) is 6.36. The molecule has 1 unspecified atom stereocenters. The van der Waals surface area contributed by atoms with Crippen molar-refractivity contribution in [3.63, 3.8) is 0 Å². The summed E-state index contributed by atoms with van der Waals surface area (Å²) in [6, 6.07) is 4.08. The van der Waals surface area contributed by atoms with E-state index in [0.717, 1.165) is 25.1 Å². The molecular formula is C15H24N4O2. The SMILES string of the molecule is CC(C)(C)OC(=O)N1CCCC(NCc2cccnn2)C1. The van der Waals surface area contributed by atoms with Crippen molar-refractivity contribution in [2.24, 2.45) is 0 Å². The van der Waals surface area contributed by atoms with Crippen LogP contribution >= 0.6 is 0 Å². The summed E-state index contributed by atoms with van der Waals surface area (Å²) < 4.78 is 5.43. The number of nitrogens with zero attached hydrogens (tertiary/aromatic N) is 3. The van der Waals surface area contributed by atoms with Crippen molar-refractivity contribution in [3.05, 3.63) is 24.0 Å². The summed E-state index contributed by atoms with van der Waals surface area (Å²) in [6.07, 6.45) is 3.47. The first kappa shape index (κ1) is 15.7. The second kappa shape index (κ2) is 6.85. The van der Waals surface area contributed by atoms with Gasteiger partial charge in [-0.15, -0.1) is 0 Å². The molecule has 1 aliphatic rings. The van der Waals surface area contributed by atoms with Gasteiger partial charge in [-0.2, -0.15) is 10.2 Å². The maximum atomic E-state index is 12.1. The van der Waals surface area contributed by atoms with E-state index in [4.69, 9.17) is 4.74 Å². The van der Waals surface area contributed by atoms with Gasteiger partial charge in [0.1, 0.15) is 5.60 Å². The third-order valence-electron chi connectivity index (χ3n) is 3.27. The lowest BCUT2D eigenvalue weighted by molar-refractivity contribution is 0.0187. The van der Waals surface area contributed by atoms with Crippen molar-refractivity contribution >= 4 is 6.09 Å². The minimum Gasteiger partial charge on any atom is -0.444 e. The second-order valence-electron chi connectivity index (χ2n) is 6.36. The fraction of sp³-hybridized carbons (Fsp3) is 0.667. The van der Waals surface area contributed by atoms with E-state index in [0.29, 0.717) is 13.1 Å². The normalized spacial score (nSPS) is 19.4. The van der Waals surface area contributed by atoms with Gasteiger partial charge in [-0.25, -0.2) is 4.79 Å². The Labute approximate surface area is 125 Å². The molecule has 1 fully saturated rings. The van der Waals surface area contributed by atoms with E-state index >= 15 is 0 Å². The van der Waals surface area contributed by atoms with Gasteiger partial charge >= 0.3 is 6.09 Å². The Morgan fingerprint density at radius 1 is 1.52 bits per heavy atom. The molecule has 1 N–H and O–H groups in total. The van der Waals surface area contributed by atoms with Gasteiger partial charge < -0.3 is 15.0 Å². The Bertz CT molecular complexity index is 458. The predicted octanol–water partition coefficient (Wildman–Crippen LogP) is 1.97. The maximum absolute atomic E-state index is 12.1. The van der Waals surface area contributed by atoms with Crippen molar-refractivity contribution in [1.29, 1.82) is 0 Å². The molecule has 0 saturated carbocycles. The smallest absolute Gasteiger partial charge is 0.410 e. The van der Waals surface area contributed by atoms with Crippen LogP contribution in [0.15, 0.2) is 18.3 Å². The highest BCUT2D eigenvalue weighted by Crippen LogP contribution is 2.15. The minimum atomic E-state index is -0.447. The fourth-order valence-corrected chi connectivity index (χ4v) is 2.31. The van der Waals surface area contributed by atoms with E-state index in [2.05, 4.69) is 15.5 Å². The molecule has 6 heteroatoms. The summed E-state index contributed by atoms with van der Waals surface area (Å²) in [5, 5.41) is 11.3.